The topological polar surface area (TPSA) is 36.4 Å². The van der Waals surface area contributed by atoms with Crippen LogP contribution in [0.4, 0.5) is 11.4 Å². The lowest BCUT2D eigenvalue weighted by Gasteiger charge is -2.42. The van der Waals surface area contributed by atoms with Crippen molar-refractivity contribution in [2.24, 2.45) is 4.99 Å². The van der Waals surface area contributed by atoms with Gasteiger partial charge >= 0.3 is 0 Å². The van der Waals surface area contributed by atoms with Crippen molar-refractivity contribution < 1.29 is 0 Å². The SMILES string of the molecule is Clc1cccc(CNC2=Nc3ccccc3NC23CCSCC3)c1. The van der Waals surface area contributed by atoms with E-state index in [0.29, 0.717) is 0 Å². The van der Waals surface area contributed by atoms with Gasteiger partial charge in [-0.15, -0.1) is 0 Å². The highest BCUT2D eigenvalue weighted by molar-refractivity contribution is 7.99. The molecule has 2 aliphatic rings. The molecule has 1 spiro atoms. The Balaban J connectivity index is 1.63. The van der Waals surface area contributed by atoms with Crippen molar-refractivity contribution in [2.75, 3.05) is 16.8 Å². The summed E-state index contributed by atoms with van der Waals surface area (Å²) in [5.41, 5.74) is 3.25. The van der Waals surface area contributed by atoms with E-state index in [1.807, 2.05) is 36.0 Å². The summed E-state index contributed by atoms with van der Waals surface area (Å²) in [5.74, 6) is 3.38. The third-order valence-electron chi connectivity index (χ3n) is 4.66. The summed E-state index contributed by atoms with van der Waals surface area (Å²) >= 11 is 8.12. The van der Waals surface area contributed by atoms with E-state index in [0.717, 1.165) is 53.1 Å². The summed E-state index contributed by atoms with van der Waals surface area (Å²) in [6.45, 7) is 0.734. The molecule has 0 unspecified atom stereocenters. The zero-order valence-electron chi connectivity index (χ0n) is 13.4. The second-order valence-electron chi connectivity index (χ2n) is 6.28. The number of nitrogens with one attached hydrogen (secondary N) is 2. The number of para-hydroxylation sites is 2. The van der Waals surface area contributed by atoms with E-state index >= 15 is 0 Å². The van der Waals surface area contributed by atoms with Gasteiger partial charge in [0.25, 0.3) is 0 Å². The van der Waals surface area contributed by atoms with E-state index < -0.39 is 0 Å². The van der Waals surface area contributed by atoms with Crippen molar-refractivity contribution in [1.82, 2.24) is 5.32 Å². The summed E-state index contributed by atoms with van der Waals surface area (Å²) in [7, 11) is 0. The van der Waals surface area contributed by atoms with Crippen LogP contribution in [0.5, 0.6) is 0 Å². The number of rotatable bonds is 2. The lowest BCUT2D eigenvalue weighted by Crippen LogP contribution is -2.55. The zero-order chi connectivity index (χ0) is 16.4. The van der Waals surface area contributed by atoms with Crippen LogP contribution in [0, 0.1) is 0 Å². The minimum Gasteiger partial charge on any atom is -0.371 e. The van der Waals surface area contributed by atoms with Crippen LogP contribution < -0.4 is 10.6 Å². The molecule has 2 aromatic carbocycles. The van der Waals surface area contributed by atoms with Crippen LogP contribution in [0.25, 0.3) is 0 Å². The molecule has 2 heterocycles. The molecular weight excluding hydrogens is 338 g/mol. The van der Waals surface area contributed by atoms with Crippen molar-refractivity contribution in [3.63, 3.8) is 0 Å². The third-order valence-corrected chi connectivity index (χ3v) is 5.88. The minimum absolute atomic E-state index is 0.0713. The molecule has 0 bridgehead atoms. The Bertz CT molecular complexity index is 769. The summed E-state index contributed by atoms with van der Waals surface area (Å²) in [5, 5.41) is 8.13. The number of halogens is 1. The van der Waals surface area contributed by atoms with Crippen LogP contribution >= 0.6 is 23.4 Å². The molecule has 1 fully saturated rings. The van der Waals surface area contributed by atoms with Gasteiger partial charge in [0.2, 0.25) is 0 Å². The maximum Gasteiger partial charge on any atom is 0.128 e. The maximum atomic E-state index is 6.10. The second-order valence-corrected chi connectivity index (χ2v) is 7.94. The van der Waals surface area contributed by atoms with Crippen LogP contribution in [0.3, 0.4) is 0 Å². The lowest BCUT2D eigenvalue weighted by molar-refractivity contribution is 0.543. The Morgan fingerprint density at radius 2 is 1.96 bits per heavy atom. The van der Waals surface area contributed by atoms with E-state index in [9.17, 15) is 0 Å². The molecule has 0 aromatic heterocycles. The zero-order valence-corrected chi connectivity index (χ0v) is 15.0. The first-order valence-corrected chi connectivity index (χ1v) is 9.81. The van der Waals surface area contributed by atoms with Crippen LogP contribution in [-0.2, 0) is 6.54 Å². The average Bonchev–Trinajstić information content (AvgIpc) is 2.61. The summed E-state index contributed by atoms with van der Waals surface area (Å²) < 4.78 is 0. The van der Waals surface area contributed by atoms with E-state index in [4.69, 9.17) is 16.6 Å². The van der Waals surface area contributed by atoms with Gasteiger partial charge in [-0.1, -0.05) is 35.9 Å². The number of hydrogen-bond acceptors (Lipinski definition) is 4. The molecule has 5 heteroatoms. The normalized spacial score (nSPS) is 18.5. The molecule has 4 rings (SSSR count). The Morgan fingerprint density at radius 3 is 2.79 bits per heavy atom. The van der Waals surface area contributed by atoms with E-state index in [2.05, 4.69) is 34.9 Å². The van der Waals surface area contributed by atoms with Crippen LogP contribution in [0.1, 0.15) is 18.4 Å². The fourth-order valence-corrected chi connectivity index (χ4v) is 4.75. The van der Waals surface area contributed by atoms with Gasteiger partial charge in [-0.25, -0.2) is 4.99 Å². The van der Waals surface area contributed by atoms with Crippen LogP contribution in [0.15, 0.2) is 53.5 Å². The highest BCUT2D eigenvalue weighted by Gasteiger charge is 2.40. The van der Waals surface area contributed by atoms with E-state index in [1.165, 1.54) is 5.56 Å². The Hall–Kier alpha value is -1.65. The molecule has 1 saturated heterocycles. The first-order valence-electron chi connectivity index (χ1n) is 8.28. The standard InChI is InChI=1S/C19H20ClN3S/c20-15-5-3-4-14(12-15)13-21-18-19(8-10-24-11-9-19)23-17-7-2-1-6-16(17)22-18/h1-7,12,23H,8-11,13H2,(H,21,22). The molecular formula is C19H20ClN3S. The van der Waals surface area contributed by atoms with Crippen LogP contribution in [-0.4, -0.2) is 22.9 Å². The predicted molar refractivity (Wildman–Crippen MR) is 105 cm³/mol. The fourth-order valence-electron chi connectivity index (χ4n) is 3.34. The highest BCUT2D eigenvalue weighted by Crippen LogP contribution is 2.39. The smallest absolute Gasteiger partial charge is 0.128 e. The molecule has 24 heavy (non-hydrogen) atoms. The Kier molecular flexibility index (Phi) is 4.42. The largest absolute Gasteiger partial charge is 0.371 e. The lowest BCUT2D eigenvalue weighted by atomic mass is 9.88. The van der Waals surface area contributed by atoms with Crippen molar-refractivity contribution >= 4 is 40.6 Å². The molecule has 0 atom stereocenters. The number of amidine groups is 1. The molecule has 2 N–H and O–H groups in total. The molecule has 124 valence electrons. The third kappa shape index (κ3) is 3.13. The van der Waals surface area contributed by atoms with Crippen LogP contribution in [0.2, 0.25) is 5.02 Å². The number of benzene rings is 2. The Labute approximate surface area is 151 Å². The number of anilines is 1. The number of hydrogen-bond donors (Lipinski definition) is 2. The van der Waals surface area contributed by atoms with Crippen molar-refractivity contribution in [2.45, 2.75) is 24.9 Å². The van der Waals surface area contributed by atoms with Gasteiger partial charge in [-0.05, 0) is 54.2 Å². The van der Waals surface area contributed by atoms with Gasteiger partial charge in [-0.3, -0.25) is 0 Å². The quantitative estimate of drug-likeness (QED) is 0.806. The highest BCUT2D eigenvalue weighted by atomic mass is 35.5. The van der Waals surface area contributed by atoms with Gasteiger partial charge in [-0.2, -0.15) is 11.8 Å². The fraction of sp³-hybridized carbons (Fsp3) is 0.316. The van der Waals surface area contributed by atoms with E-state index in [-0.39, 0.29) is 5.54 Å². The minimum atomic E-state index is -0.0713. The molecule has 3 nitrogen and oxygen atoms in total. The second kappa shape index (κ2) is 6.69. The summed E-state index contributed by atoms with van der Waals surface area (Å²) in [4.78, 5) is 4.96. The van der Waals surface area contributed by atoms with Crippen molar-refractivity contribution in [1.29, 1.82) is 0 Å². The summed E-state index contributed by atoms with van der Waals surface area (Å²) in [6.07, 6.45) is 2.18. The van der Waals surface area contributed by atoms with Gasteiger partial charge < -0.3 is 10.6 Å². The van der Waals surface area contributed by atoms with Gasteiger partial charge in [0, 0.05) is 11.6 Å². The first kappa shape index (κ1) is 15.9. The number of nitrogens with zero attached hydrogens (tertiary/aromatic N) is 1. The van der Waals surface area contributed by atoms with Gasteiger partial charge in [0.05, 0.1) is 16.9 Å². The molecule has 0 radical (unpaired) electrons. The molecule has 2 aliphatic heterocycles. The molecule has 0 amide bonds. The molecule has 2 aromatic rings. The van der Waals surface area contributed by atoms with E-state index in [1.54, 1.807) is 0 Å². The van der Waals surface area contributed by atoms with Crippen molar-refractivity contribution in [3.8, 4) is 0 Å². The van der Waals surface area contributed by atoms with Gasteiger partial charge in [0.1, 0.15) is 5.84 Å². The monoisotopic (exact) mass is 357 g/mol. The average molecular weight is 358 g/mol. The predicted octanol–water partition coefficient (Wildman–Crippen LogP) is 4.85. The van der Waals surface area contributed by atoms with Gasteiger partial charge in [0.15, 0.2) is 0 Å². The molecule has 0 aliphatic carbocycles. The number of aliphatic imine (C=N–C) groups is 1. The van der Waals surface area contributed by atoms with Crippen molar-refractivity contribution in [3.05, 3.63) is 59.1 Å². The Morgan fingerprint density at radius 1 is 1.12 bits per heavy atom. The number of thioether (sulfide) groups is 1. The first-order chi connectivity index (χ1) is 11.8. The summed E-state index contributed by atoms with van der Waals surface area (Å²) in [6, 6.07) is 16.3. The maximum absolute atomic E-state index is 6.10. The number of fused-ring (bicyclic) bond motifs is 1. The molecule has 0 saturated carbocycles.